The second-order valence-corrected chi connectivity index (χ2v) is 22.1. The van der Waals surface area contributed by atoms with Crippen LogP contribution in [-0.2, 0) is 40.1 Å². The molecule has 2 aromatic carbocycles. The molecule has 0 radical (unpaired) electrons. The molecule has 0 aliphatic heterocycles. The van der Waals surface area contributed by atoms with Crippen LogP contribution in [0.3, 0.4) is 0 Å². The van der Waals surface area contributed by atoms with Gasteiger partial charge in [-0.25, -0.2) is 13.6 Å². The van der Waals surface area contributed by atoms with E-state index in [1.807, 2.05) is 69.5 Å². The molecule has 0 saturated heterocycles. The first kappa shape index (κ1) is 64.3. The van der Waals surface area contributed by atoms with Gasteiger partial charge >= 0.3 is 11.9 Å². The maximum Gasteiger partial charge on any atom is 0.328 e. The molecule has 22 heteroatoms. The fourth-order valence-electron chi connectivity index (χ4n) is 8.13. The zero-order chi connectivity index (χ0) is 56.5. The Morgan fingerprint density at radius 1 is 0.803 bits per heavy atom. The van der Waals surface area contributed by atoms with E-state index < -0.39 is 77.6 Å². The van der Waals surface area contributed by atoms with E-state index in [-0.39, 0.29) is 71.6 Å². The van der Waals surface area contributed by atoms with Crippen LogP contribution in [-0.4, -0.2) is 142 Å². The molecule has 0 fully saturated rings. The topological polar surface area (TPSA) is 266 Å². The van der Waals surface area contributed by atoms with Crippen molar-refractivity contribution in [2.24, 2.45) is 17.1 Å². The van der Waals surface area contributed by atoms with Crippen molar-refractivity contribution in [1.29, 1.82) is 0 Å². The van der Waals surface area contributed by atoms with Gasteiger partial charge in [0.25, 0.3) is 0 Å². The molecule has 0 spiro atoms. The van der Waals surface area contributed by atoms with Crippen molar-refractivity contribution < 1.29 is 52.6 Å². The third-order valence-electron chi connectivity index (χ3n) is 12.3. The summed E-state index contributed by atoms with van der Waals surface area (Å²) in [6, 6.07) is 10.4. The molecule has 5 atom stereocenters. The Bertz CT molecular complexity index is 2400. The fourth-order valence-corrected chi connectivity index (χ4v) is 9.89. The van der Waals surface area contributed by atoms with E-state index in [1.54, 1.807) is 24.1 Å². The summed E-state index contributed by atoms with van der Waals surface area (Å²) in [7, 11) is 1.48. The van der Waals surface area contributed by atoms with Gasteiger partial charge in [0.05, 0.1) is 23.6 Å². The molecule has 0 bridgehead atoms. The Hall–Kier alpha value is -5.97. The minimum atomic E-state index is -1.45. The Kier molecular flexibility index (Phi) is 27.6. The summed E-state index contributed by atoms with van der Waals surface area (Å²) in [6.45, 7) is 16.6. The number of thioether (sulfide) groups is 2. The molecule has 10 N–H and O–H groups in total. The molecule has 76 heavy (non-hydrogen) atoms. The third-order valence-corrected chi connectivity index (χ3v) is 14.3. The van der Waals surface area contributed by atoms with Gasteiger partial charge in [0, 0.05) is 79.2 Å². The Labute approximate surface area is 454 Å². The van der Waals surface area contributed by atoms with Gasteiger partial charge in [-0.2, -0.15) is 11.8 Å². The fraction of sp³-hybridized carbons (Fsp3) is 0.537. The lowest BCUT2D eigenvalue weighted by Crippen LogP contribution is -2.52. The van der Waals surface area contributed by atoms with Crippen LogP contribution >= 0.6 is 23.5 Å². The Morgan fingerprint density at radius 3 is 2.12 bits per heavy atom. The number of nitrogens with zero attached hydrogens (tertiary/aromatic N) is 2. The number of nitrogens with two attached hydrogens (primary N) is 1. The minimum absolute atomic E-state index is 0.0548. The van der Waals surface area contributed by atoms with Gasteiger partial charge in [-0.15, -0.1) is 11.8 Å². The van der Waals surface area contributed by atoms with Crippen LogP contribution in [0.4, 0.5) is 8.78 Å². The van der Waals surface area contributed by atoms with Crippen LogP contribution < -0.4 is 37.6 Å². The van der Waals surface area contributed by atoms with Crippen LogP contribution in [0.2, 0.25) is 0 Å². The molecular weight excluding hydrogens is 1020 g/mol. The molecule has 3 unspecified atom stereocenters. The highest BCUT2D eigenvalue weighted by Crippen LogP contribution is 2.41. The van der Waals surface area contributed by atoms with Crippen molar-refractivity contribution in [2.75, 3.05) is 56.2 Å². The molecular formula is C54H79F2N9O9S2. The second-order valence-electron chi connectivity index (χ2n) is 19.9. The van der Waals surface area contributed by atoms with Gasteiger partial charge in [-0.1, -0.05) is 78.0 Å². The van der Waals surface area contributed by atoms with Gasteiger partial charge in [-0.05, 0) is 80.9 Å². The lowest BCUT2D eigenvalue weighted by Gasteiger charge is -2.41. The third kappa shape index (κ3) is 21.9. The van der Waals surface area contributed by atoms with Crippen LogP contribution in [0.15, 0.2) is 73.1 Å². The van der Waals surface area contributed by atoms with E-state index in [4.69, 9.17) is 5.73 Å². The van der Waals surface area contributed by atoms with E-state index >= 15 is 4.39 Å². The average molecular weight is 1100 g/mol. The molecule has 0 aliphatic carbocycles. The van der Waals surface area contributed by atoms with Crippen LogP contribution in [0.1, 0.15) is 97.4 Å². The molecule has 3 rings (SSSR count). The van der Waals surface area contributed by atoms with Gasteiger partial charge < -0.3 is 57.3 Å². The quantitative estimate of drug-likeness (QED) is 0.0340. The number of carbonyl (C=O) groups excluding carboxylic acids is 5. The van der Waals surface area contributed by atoms with Crippen molar-refractivity contribution in [2.45, 2.75) is 117 Å². The maximum absolute atomic E-state index is 15.4. The standard InChI is InChI=1S/C54H79F2N9O9S2/c1-34(2)49(63-45(66)18-13-10-14-22-57)51(70)61-36(4)35(3)59-23-15-24-65(48(69)33-75-25-21-46(67)62-42(52(71)72)28-60-47(68)32-76-31-43(58-8)53(73)74)50(54(5,6)7)44-26-38(40-27-39(55)19-20-41(40)56)30-64(44)29-37-16-11-9-12-17-37/h9,11-12,16-17,19-20,26-27,30,34,36,42-43,49-50,58-59H,3,10,13-15,18,21-25,28-29,31-33,57H2,1-2,4-8H3,(H,60,68)(H,61,70)(H,62,67)(H,63,66)(H,71,72)(H,73,74)/t36-,42?,43-,49?,50?/m0/s1. The highest BCUT2D eigenvalue weighted by Gasteiger charge is 2.37. The zero-order valence-corrected chi connectivity index (χ0v) is 46.5. The minimum Gasteiger partial charge on any atom is -0.480 e. The number of hydrogen-bond acceptors (Lipinski definition) is 12. The van der Waals surface area contributed by atoms with Crippen LogP contribution in [0.5, 0.6) is 0 Å². The van der Waals surface area contributed by atoms with Gasteiger partial charge in [-0.3, -0.25) is 28.8 Å². The first-order chi connectivity index (χ1) is 36.0. The summed E-state index contributed by atoms with van der Waals surface area (Å²) in [6.07, 6.45) is 4.59. The number of aliphatic carboxylic acids is 2. The number of carboxylic acid groups (broad SMARTS) is 2. The summed E-state index contributed by atoms with van der Waals surface area (Å²) in [4.78, 5) is 91.3. The molecule has 1 aromatic heterocycles. The summed E-state index contributed by atoms with van der Waals surface area (Å²) in [5.41, 5.74) is 7.49. The lowest BCUT2D eigenvalue weighted by molar-refractivity contribution is -0.141. The van der Waals surface area contributed by atoms with E-state index in [1.165, 1.54) is 18.8 Å². The van der Waals surface area contributed by atoms with Gasteiger partial charge in [0.1, 0.15) is 29.8 Å². The molecule has 0 saturated carbocycles. The number of hydrogen-bond donors (Lipinski definition) is 9. The average Bonchev–Trinajstić information content (AvgIpc) is 3.76. The number of benzene rings is 2. The van der Waals surface area contributed by atoms with Crippen molar-refractivity contribution in [3.8, 4) is 11.1 Å². The number of unbranched alkanes of at least 4 members (excludes halogenated alkanes) is 2. The first-order valence-electron chi connectivity index (χ1n) is 25.5. The van der Waals surface area contributed by atoms with Crippen molar-refractivity contribution in [3.63, 3.8) is 0 Å². The second kappa shape index (κ2) is 32.6. The predicted octanol–water partition coefficient (Wildman–Crippen LogP) is 5.27. The largest absolute Gasteiger partial charge is 0.480 e. The SMILES string of the molecule is C=C(NCCCN(C(=O)CSCCC(=O)NC(CNC(=O)CSC[C@H](NC)C(=O)O)C(=O)O)C(c1cc(-c2cc(F)ccc2F)cn1Cc1ccccc1)C(C)(C)C)[C@H](C)NC(=O)C(NC(=O)CCCCCN)C(C)C. The highest BCUT2D eigenvalue weighted by molar-refractivity contribution is 8.00. The van der Waals surface area contributed by atoms with E-state index in [0.29, 0.717) is 49.4 Å². The molecule has 1 heterocycles. The summed E-state index contributed by atoms with van der Waals surface area (Å²) in [5, 5.41) is 35.6. The molecule has 420 valence electrons. The Balaban J connectivity index is 1.83. The molecule has 18 nitrogen and oxygen atoms in total. The normalized spacial score (nSPS) is 13.4. The van der Waals surface area contributed by atoms with Crippen LogP contribution in [0.25, 0.3) is 11.1 Å². The maximum atomic E-state index is 15.4. The van der Waals surface area contributed by atoms with Gasteiger partial charge in [0.2, 0.25) is 29.5 Å². The monoisotopic (exact) mass is 1100 g/mol. The lowest BCUT2D eigenvalue weighted by atomic mass is 9.83. The molecule has 5 amide bonds. The van der Waals surface area contributed by atoms with Crippen molar-refractivity contribution >= 4 is 65.0 Å². The number of carbonyl (C=O) groups is 7. The van der Waals surface area contributed by atoms with Gasteiger partial charge in [0.15, 0.2) is 0 Å². The number of likely N-dealkylation sites (N-methyl/N-ethyl adjacent to an activating group) is 1. The number of aromatic nitrogens is 1. The number of amides is 5. The zero-order valence-electron chi connectivity index (χ0n) is 44.8. The number of nitrogens with one attached hydrogen (secondary N) is 6. The summed E-state index contributed by atoms with van der Waals surface area (Å²) < 4.78 is 32.0. The number of rotatable bonds is 35. The predicted molar refractivity (Wildman–Crippen MR) is 295 cm³/mol. The smallest absolute Gasteiger partial charge is 0.328 e. The molecule has 0 aliphatic rings. The summed E-state index contributed by atoms with van der Waals surface area (Å²) in [5.74, 6) is -5.86. The first-order valence-corrected chi connectivity index (χ1v) is 27.8. The van der Waals surface area contributed by atoms with E-state index in [0.717, 1.165) is 48.4 Å². The van der Waals surface area contributed by atoms with Crippen molar-refractivity contribution in [1.82, 2.24) is 41.4 Å². The highest BCUT2D eigenvalue weighted by atomic mass is 32.2. The van der Waals surface area contributed by atoms with Crippen LogP contribution in [0, 0.1) is 23.0 Å². The molecule has 3 aromatic rings. The van der Waals surface area contributed by atoms with E-state index in [2.05, 4.69) is 38.5 Å². The van der Waals surface area contributed by atoms with Crippen molar-refractivity contribution in [3.05, 3.63) is 96.0 Å². The number of halogens is 2. The number of carboxylic acids is 2. The Morgan fingerprint density at radius 2 is 1.49 bits per heavy atom. The van der Waals surface area contributed by atoms with E-state index in [9.17, 15) is 48.2 Å². The summed E-state index contributed by atoms with van der Waals surface area (Å²) >= 11 is 2.22.